The fraction of sp³-hybridized carbons (Fsp3) is 0.294. The molecule has 27 heavy (non-hydrogen) atoms. The van der Waals surface area contributed by atoms with Crippen LogP contribution in [0.1, 0.15) is 12.8 Å². The monoisotopic (exact) mass is 365 g/mol. The third-order valence-electron chi connectivity index (χ3n) is 4.26. The lowest BCUT2D eigenvalue weighted by atomic mass is 9.96. The molecule has 136 valence electrons. The van der Waals surface area contributed by atoms with Crippen LogP contribution in [0.2, 0.25) is 0 Å². The standard InChI is InChI=1S/C17H15N7O3/c18-8-12(9-19)14(10-20)22-13-1-2-15(16(7-13)24(26)27)23-5-3-11(4-6-23)17(21)25/h1-2,7,11,22H,3-6H2,(H2,21,25). The van der Waals surface area contributed by atoms with Gasteiger partial charge in [-0.1, -0.05) is 0 Å². The fourth-order valence-electron chi connectivity index (χ4n) is 2.85. The maximum absolute atomic E-state index is 11.5. The number of rotatable bonds is 5. The second-order valence-corrected chi connectivity index (χ2v) is 5.83. The molecule has 1 aliphatic rings. The molecule has 10 nitrogen and oxygen atoms in total. The predicted molar refractivity (Wildman–Crippen MR) is 94.7 cm³/mol. The van der Waals surface area contributed by atoms with Crippen LogP contribution in [0.5, 0.6) is 0 Å². The number of nitro benzene ring substituents is 1. The Morgan fingerprint density at radius 2 is 1.85 bits per heavy atom. The van der Waals surface area contributed by atoms with Crippen molar-refractivity contribution >= 4 is 23.0 Å². The summed E-state index contributed by atoms with van der Waals surface area (Å²) in [7, 11) is 0. The molecule has 0 saturated carbocycles. The molecule has 0 aromatic heterocycles. The van der Waals surface area contributed by atoms with Crippen molar-refractivity contribution < 1.29 is 9.72 Å². The van der Waals surface area contributed by atoms with Crippen molar-refractivity contribution in [3.8, 4) is 18.2 Å². The molecular formula is C17H15N7O3. The van der Waals surface area contributed by atoms with Crippen molar-refractivity contribution in [3.63, 3.8) is 0 Å². The van der Waals surface area contributed by atoms with E-state index in [2.05, 4.69) is 5.32 Å². The first-order valence-corrected chi connectivity index (χ1v) is 7.95. The van der Waals surface area contributed by atoms with Crippen molar-refractivity contribution in [2.24, 2.45) is 11.7 Å². The topological polar surface area (TPSA) is 173 Å². The summed E-state index contributed by atoms with van der Waals surface area (Å²) in [5.74, 6) is -0.606. The van der Waals surface area contributed by atoms with Crippen LogP contribution in [-0.4, -0.2) is 23.9 Å². The Bertz CT molecular complexity index is 909. The van der Waals surface area contributed by atoms with Gasteiger partial charge in [-0.15, -0.1) is 0 Å². The zero-order valence-electron chi connectivity index (χ0n) is 14.2. The zero-order valence-corrected chi connectivity index (χ0v) is 14.2. The van der Waals surface area contributed by atoms with Crippen LogP contribution >= 0.6 is 0 Å². The molecule has 2 rings (SSSR count). The number of nitro groups is 1. The molecule has 0 bridgehead atoms. The van der Waals surface area contributed by atoms with Gasteiger partial charge in [0.1, 0.15) is 29.6 Å². The van der Waals surface area contributed by atoms with Gasteiger partial charge in [0.25, 0.3) is 5.69 Å². The highest BCUT2D eigenvalue weighted by atomic mass is 16.6. The SMILES string of the molecule is N#CC(C#N)=C(C#N)Nc1ccc(N2CCC(C(N)=O)CC2)c([N+](=O)[O-])c1. The molecule has 0 atom stereocenters. The minimum absolute atomic E-state index is 0.190. The van der Waals surface area contributed by atoms with Gasteiger partial charge in [0.2, 0.25) is 5.91 Å². The van der Waals surface area contributed by atoms with Crippen molar-refractivity contribution in [2.45, 2.75) is 12.8 Å². The van der Waals surface area contributed by atoms with Crippen LogP contribution in [0.4, 0.5) is 17.1 Å². The number of piperidine rings is 1. The first kappa shape index (κ1) is 19.2. The van der Waals surface area contributed by atoms with Gasteiger partial charge >= 0.3 is 0 Å². The van der Waals surface area contributed by atoms with Gasteiger partial charge in [0.05, 0.1) is 4.92 Å². The quantitative estimate of drug-likeness (QED) is 0.449. The van der Waals surface area contributed by atoms with Crippen LogP contribution in [0.25, 0.3) is 0 Å². The minimum atomic E-state index is -0.550. The minimum Gasteiger partial charge on any atom is -0.369 e. The summed E-state index contributed by atoms with van der Waals surface area (Å²) in [6.07, 6.45) is 1.03. The third kappa shape index (κ3) is 4.30. The van der Waals surface area contributed by atoms with E-state index in [0.29, 0.717) is 31.6 Å². The number of amides is 1. The number of nitrogens with one attached hydrogen (secondary N) is 1. The zero-order chi connectivity index (χ0) is 20.0. The molecular weight excluding hydrogens is 350 g/mol. The molecule has 1 aliphatic heterocycles. The summed E-state index contributed by atoms with van der Waals surface area (Å²) >= 11 is 0. The van der Waals surface area contributed by atoms with E-state index in [1.54, 1.807) is 23.1 Å². The lowest BCUT2D eigenvalue weighted by molar-refractivity contribution is -0.384. The smallest absolute Gasteiger partial charge is 0.294 e. The van der Waals surface area contributed by atoms with Crippen molar-refractivity contribution in [1.82, 2.24) is 0 Å². The van der Waals surface area contributed by atoms with E-state index in [1.807, 2.05) is 0 Å². The maximum atomic E-state index is 11.5. The fourth-order valence-corrected chi connectivity index (χ4v) is 2.85. The Morgan fingerprint density at radius 1 is 1.22 bits per heavy atom. The van der Waals surface area contributed by atoms with Gasteiger partial charge < -0.3 is 16.0 Å². The Labute approximate surface area is 154 Å². The molecule has 1 fully saturated rings. The normalized spacial score (nSPS) is 13.6. The van der Waals surface area contributed by atoms with Gasteiger partial charge in [-0.25, -0.2) is 0 Å². The van der Waals surface area contributed by atoms with Crippen LogP contribution in [-0.2, 0) is 4.79 Å². The molecule has 0 unspecified atom stereocenters. The van der Waals surface area contributed by atoms with E-state index >= 15 is 0 Å². The van der Waals surface area contributed by atoms with E-state index in [-0.39, 0.29) is 28.9 Å². The molecule has 10 heteroatoms. The number of nitriles is 3. The molecule has 3 N–H and O–H groups in total. The van der Waals surface area contributed by atoms with Crippen molar-refractivity contribution in [2.75, 3.05) is 23.3 Å². The van der Waals surface area contributed by atoms with E-state index in [1.165, 1.54) is 18.2 Å². The van der Waals surface area contributed by atoms with Crippen LogP contribution in [0.15, 0.2) is 29.5 Å². The second-order valence-electron chi connectivity index (χ2n) is 5.83. The molecule has 0 aliphatic carbocycles. The summed E-state index contributed by atoms with van der Waals surface area (Å²) < 4.78 is 0. The Balaban J connectivity index is 2.31. The molecule has 0 spiro atoms. The second kappa shape index (κ2) is 8.32. The Morgan fingerprint density at radius 3 is 2.33 bits per heavy atom. The van der Waals surface area contributed by atoms with Crippen LogP contribution < -0.4 is 16.0 Å². The van der Waals surface area contributed by atoms with E-state index in [9.17, 15) is 14.9 Å². The first-order valence-electron chi connectivity index (χ1n) is 7.95. The van der Waals surface area contributed by atoms with E-state index in [4.69, 9.17) is 21.5 Å². The lowest BCUT2D eigenvalue weighted by Gasteiger charge is -2.32. The number of primary amides is 1. The molecule has 1 aromatic carbocycles. The van der Waals surface area contributed by atoms with Gasteiger partial charge in [-0.3, -0.25) is 14.9 Å². The number of nitrogens with two attached hydrogens (primary N) is 1. The van der Waals surface area contributed by atoms with Gasteiger partial charge in [-0.05, 0) is 25.0 Å². The molecule has 1 heterocycles. The number of nitrogens with zero attached hydrogens (tertiary/aromatic N) is 5. The average Bonchev–Trinajstić information content (AvgIpc) is 2.68. The highest BCUT2D eigenvalue weighted by Crippen LogP contribution is 2.34. The summed E-state index contributed by atoms with van der Waals surface area (Å²) in [4.78, 5) is 24.0. The predicted octanol–water partition coefficient (Wildman–Crippen LogP) is 1.53. The van der Waals surface area contributed by atoms with E-state index in [0.717, 1.165) is 0 Å². The van der Waals surface area contributed by atoms with Crippen molar-refractivity contribution in [3.05, 3.63) is 39.6 Å². The molecule has 1 saturated heterocycles. The summed E-state index contributed by atoms with van der Waals surface area (Å²) in [5.41, 5.74) is 5.00. The third-order valence-corrected chi connectivity index (χ3v) is 4.26. The van der Waals surface area contributed by atoms with Gasteiger partial charge in [0.15, 0.2) is 5.57 Å². The van der Waals surface area contributed by atoms with Crippen molar-refractivity contribution in [1.29, 1.82) is 15.8 Å². The van der Waals surface area contributed by atoms with Crippen LogP contribution in [0.3, 0.4) is 0 Å². The molecule has 1 aromatic rings. The summed E-state index contributed by atoms with van der Waals surface area (Å²) in [6.45, 7) is 0.912. The summed E-state index contributed by atoms with van der Waals surface area (Å²) in [6, 6.07) is 9.16. The summed E-state index contributed by atoms with van der Waals surface area (Å²) in [5, 5.41) is 40.8. The average molecular weight is 365 g/mol. The van der Waals surface area contributed by atoms with Gasteiger partial charge in [-0.2, -0.15) is 15.8 Å². The number of allylic oxidation sites excluding steroid dienone is 2. The van der Waals surface area contributed by atoms with E-state index < -0.39 is 10.5 Å². The lowest BCUT2D eigenvalue weighted by Crippen LogP contribution is -2.38. The number of carbonyl (C=O) groups excluding carboxylic acids is 1. The molecule has 1 amide bonds. The number of hydrogen-bond donors (Lipinski definition) is 2. The Hall–Kier alpha value is -4.10. The number of hydrogen-bond acceptors (Lipinski definition) is 8. The largest absolute Gasteiger partial charge is 0.369 e. The van der Waals surface area contributed by atoms with Gasteiger partial charge in [0, 0.05) is 30.8 Å². The number of benzene rings is 1. The Kier molecular flexibility index (Phi) is 5.93. The highest BCUT2D eigenvalue weighted by Gasteiger charge is 2.27. The number of carbonyl (C=O) groups is 1. The maximum Gasteiger partial charge on any atom is 0.294 e. The highest BCUT2D eigenvalue weighted by molar-refractivity contribution is 5.77. The first-order chi connectivity index (χ1) is 12.9. The number of anilines is 2. The molecule has 0 radical (unpaired) electrons. The van der Waals surface area contributed by atoms with Crippen LogP contribution in [0, 0.1) is 50.0 Å².